The van der Waals surface area contributed by atoms with Gasteiger partial charge in [0.25, 0.3) is 0 Å². The summed E-state index contributed by atoms with van der Waals surface area (Å²) in [5.41, 5.74) is 1.45. The van der Waals surface area contributed by atoms with E-state index in [0.717, 1.165) is 49.3 Å². The first kappa shape index (κ1) is 23.0. The summed E-state index contributed by atoms with van der Waals surface area (Å²) in [5, 5.41) is 19.3. The van der Waals surface area contributed by atoms with Gasteiger partial charge in [-0.1, -0.05) is 24.3 Å². The molecule has 0 aliphatic heterocycles. The molecular weight excluding hydrogens is 368 g/mol. The summed E-state index contributed by atoms with van der Waals surface area (Å²) in [6.07, 6.45) is 3.38. The van der Waals surface area contributed by atoms with Gasteiger partial charge in [-0.15, -0.1) is 0 Å². The monoisotopic (exact) mass is 404 g/mol. The van der Waals surface area contributed by atoms with Crippen LogP contribution in [0.15, 0.2) is 29.3 Å². The second kappa shape index (κ2) is 11.0. The molecule has 0 heterocycles. The third-order valence-corrected chi connectivity index (χ3v) is 4.83. The summed E-state index contributed by atoms with van der Waals surface area (Å²) in [6.45, 7) is 8.96. The fourth-order valence-corrected chi connectivity index (χ4v) is 3.40. The van der Waals surface area contributed by atoms with E-state index in [4.69, 9.17) is 4.74 Å². The number of aliphatic hydroxyl groups excluding tert-OH is 1. The fraction of sp³-hybridized carbons (Fsp3) is 0.636. The van der Waals surface area contributed by atoms with Crippen LogP contribution in [0.4, 0.5) is 4.79 Å². The third-order valence-electron chi connectivity index (χ3n) is 4.83. The third kappa shape index (κ3) is 8.31. The first-order valence-corrected chi connectivity index (χ1v) is 10.5. The summed E-state index contributed by atoms with van der Waals surface area (Å²) >= 11 is 0. The number of rotatable bonds is 6. The molecule has 1 aliphatic carbocycles. The van der Waals surface area contributed by atoms with Crippen LogP contribution in [0.1, 0.15) is 64.5 Å². The number of guanidine groups is 1. The van der Waals surface area contributed by atoms with E-state index in [9.17, 15) is 9.90 Å². The minimum atomic E-state index is -0.478. The lowest BCUT2D eigenvalue weighted by Crippen LogP contribution is -2.48. The van der Waals surface area contributed by atoms with Crippen LogP contribution < -0.4 is 16.0 Å². The quantitative estimate of drug-likeness (QED) is 0.432. The van der Waals surface area contributed by atoms with Gasteiger partial charge >= 0.3 is 6.09 Å². The Morgan fingerprint density at radius 3 is 2.24 bits per heavy atom. The van der Waals surface area contributed by atoms with Crippen LogP contribution in [-0.2, 0) is 17.9 Å². The predicted octanol–water partition coefficient (Wildman–Crippen LogP) is 3.07. The maximum atomic E-state index is 11.9. The van der Waals surface area contributed by atoms with Gasteiger partial charge in [0.05, 0.1) is 13.2 Å². The van der Waals surface area contributed by atoms with E-state index < -0.39 is 5.60 Å². The lowest BCUT2D eigenvalue weighted by atomic mass is 9.91. The Balaban J connectivity index is 1.85. The molecule has 4 N–H and O–H groups in total. The lowest BCUT2D eigenvalue weighted by molar-refractivity contribution is 0.0490. The highest BCUT2D eigenvalue weighted by atomic mass is 16.6. The molecule has 0 bridgehead atoms. The normalized spacial score (nSPS) is 20.1. The zero-order valence-corrected chi connectivity index (χ0v) is 18.1. The number of aliphatic hydroxyl groups is 1. The summed E-state index contributed by atoms with van der Waals surface area (Å²) in [7, 11) is 0. The molecule has 162 valence electrons. The van der Waals surface area contributed by atoms with E-state index in [-0.39, 0.29) is 18.7 Å². The highest BCUT2D eigenvalue weighted by molar-refractivity contribution is 5.80. The van der Waals surface area contributed by atoms with Crippen molar-refractivity contribution in [2.45, 2.75) is 84.2 Å². The molecule has 7 heteroatoms. The Hall–Kier alpha value is -2.28. The molecular formula is C22H36N4O3. The van der Waals surface area contributed by atoms with Crippen LogP contribution in [0.5, 0.6) is 0 Å². The number of nitrogens with one attached hydrogen (secondary N) is 3. The number of carbonyl (C=O) groups excluding carboxylic acids is 1. The lowest BCUT2D eigenvalue weighted by Gasteiger charge is -2.31. The Kier molecular flexibility index (Phi) is 8.76. The van der Waals surface area contributed by atoms with Crippen LogP contribution in [-0.4, -0.2) is 41.4 Å². The smallest absolute Gasteiger partial charge is 0.407 e. The summed E-state index contributed by atoms with van der Waals surface area (Å²) in [5.74, 6) is 0.781. The van der Waals surface area contributed by atoms with Gasteiger partial charge in [-0.2, -0.15) is 0 Å². The zero-order valence-electron chi connectivity index (χ0n) is 18.1. The van der Waals surface area contributed by atoms with Gasteiger partial charge in [-0.05, 0) is 64.5 Å². The van der Waals surface area contributed by atoms with Crippen molar-refractivity contribution in [2.75, 3.05) is 6.54 Å². The van der Waals surface area contributed by atoms with Crippen molar-refractivity contribution >= 4 is 12.1 Å². The van der Waals surface area contributed by atoms with Crippen molar-refractivity contribution in [3.05, 3.63) is 35.4 Å². The molecule has 29 heavy (non-hydrogen) atoms. The van der Waals surface area contributed by atoms with Crippen LogP contribution in [0.25, 0.3) is 0 Å². The van der Waals surface area contributed by atoms with Gasteiger partial charge in [0.15, 0.2) is 5.96 Å². The minimum absolute atomic E-state index is 0.0182. The second-order valence-corrected chi connectivity index (χ2v) is 8.46. The van der Waals surface area contributed by atoms with Crippen molar-refractivity contribution in [3.63, 3.8) is 0 Å². The minimum Gasteiger partial charge on any atom is -0.444 e. The van der Waals surface area contributed by atoms with Gasteiger partial charge in [0, 0.05) is 18.6 Å². The van der Waals surface area contributed by atoms with Crippen molar-refractivity contribution in [3.8, 4) is 0 Å². The zero-order chi connectivity index (χ0) is 21.3. The van der Waals surface area contributed by atoms with Gasteiger partial charge in [-0.3, -0.25) is 0 Å². The van der Waals surface area contributed by atoms with Gasteiger partial charge < -0.3 is 25.8 Å². The van der Waals surface area contributed by atoms with E-state index >= 15 is 0 Å². The SMILES string of the molecule is CCNC(=NCc1ccccc1CO)NC1CCC(NC(=O)OC(C)(C)C)CC1. The fourth-order valence-electron chi connectivity index (χ4n) is 3.40. The molecule has 0 unspecified atom stereocenters. The van der Waals surface area contributed by atoms with Crippen molar-refractivity contribution in [2.24, 2.45) is 4.99 Å². The summed E-state index contributed by atoms with van der Waals surface area (Å²) < 4.78 is 5.34. The molecule has 0 aromatic heterocycles. The van der Waals surface area contributed by atoms with Crippen LogP contribution in [0, 0.1) is 0 Å². The molecule has 1 amide bonds. The van der Waals surface area contributed by atoms with E-state index in [1.165, 1.54) is 0 Å². The number of hydrogen-bond donors (Lipinski definition) is 4. The molecule has 7 nitrogen and oxygen atoms in total. The standard InChI is InChI=1S/C22H36N4O3/c1-5-23-20(24-14-16-8-6-7-9-17(16)15-27)25-18-10-12-19(13-11-18)26-21(28)29-22(2,3)4/h6-9,18-19,27H,5,10-15H2,1-4H3,(H,26,28)(H2,23,24,25). The largest absolute Gasteiger partial charge is 0.444 e. The molecule has 0 spiro atoms. The number of amides is 1. The molecule has 1 aromatic rings. The molecule has 1 saturated carbocycles. The Morgan fingerprint density at radius 1 is 1.10 bits per heavy atom. The number of hydrogen-bond acceptors (Lipinski definition) is 4. The molecule has 0 atom stereocenters. The Labute approximate surface area is 174 Å². The number of benzene rings is 1. The number of aliphatic imine (C=N–C) groups is 1. The van der Waals surface area contributed by atoms with Gasteiger partial charge in [0.2, 0.25) is 0 Å². The van der Waals surface area contributed by atoms with Crippen LogP contribution in [0.3, 0.4) is 0 Å². The van der Waals surface area contributed by atoms with Crippen molar-refractivity contribution in [1.82, 2.24) is 16.0 Å². The Morgan fingerprint density at radius 2 is 1.69 bits per heavy atom. The van der Waals surface area contributed by atoms with Gasteiger partial charge in [0.1, 0.15) is 5.60 Å². The number of ether oxygens (including phenoxy) is 1. The van der Waals surface area contributed by atoms with Crippen molar-refractivity contribution < 1.29 is 14.6 Å². The van der Waals surface area contributed by atoms with E-state index in [0.29, 0.717) is 12.6 Å². The number of nitrogens with zero attached hydrogens (tertiary/aromatic N) is 1. The summed E-state index contributed by atoms with van der Waals surface area (Å²) in [4.78, 5) is 16.6. The Bertz CT molecular complexity index is 677. The van der Waals surface area contributed by atoms with E-state index in [2.05, 4.69) is 20.9 Å². The number of alkyl carbamates (subject to hydrolysis) is 1. The first-order valence-electron chi connectivity index (χ1n) is 10.5. The highest BCUT2D eigenvalue weighted by Gasteiger charge is 2.25. The maximum absolute atomic E-state index is 11.9. The van der Waals surface area contributed by atoms with Crippen molar-refractivity contribution in [1.29, 1.82) is 0 Å². The molecule has 1 aliphatic rings. The molecule has 1 fully saturated rings. The van der Waals surface area contributed by atoms with E-state index in [1.54, 1.807) is 0 Å². The molecule has 0 radical (unpaired) electrons. The summed E-state index contributed by atoms with van der Waals surface area (Å²) in [6, 6.07) is 8.27. The predicted molar refractivity (Wildman–Crippen MR) is 116 cm³/mol. The van der Waals surface area contributed by atoms with Gasteiger partial charge in [-0.25, -0.2) is 9.79 Å². The van der Waals surface area contributed by atoms with E-state index in [1.807, 2.05) is 52.0 Å². The molecule has 0 saturated heterocycles. The average molecular weight is 405 g/mol. The topological polar surface area (TPSA) is 95.0 Å². The first-order chi connectivity index (χ1) is 13.8. The maximum Gasteiger partial charge on any atom is 0.407 e. The number of carbonyl (C=O) groups is 1. The molecule has 1 aromatic carbocycles. The average Bonchev–Trinajstić information content (AvgIpc) is 2.66. The molecule has 2 rings (SSSR count). The van der Waals surface area contributed by atoms with Crippen LogP contribution in [0.2, 0.25) is 0 Å². The van der Waals surface area contributed by atoms with Crippen LogP contribution >= 0.6 is 0 Å². The second-order valence-electron chi connectivity index (χ2n) is 8.46. The highest BCUT2D eigenvalue weighted by Crippen LogP contribution is 2.19.